The number of hydrogen-bond donors (Lipinski definition) is 1. The second-order valence-corrected chi connectivity index (χ2v) is 10.1. The Labute approximate surface area is 197 Å². The highest BCUT2D eigenvalue weighted by Gasteiger charge is 2.40. The zero-order chi connectivity index (χ0) is 26.2. The van der Waals surface area contributed by atoms with Crippen molar-refractivity contribution < 1.29 is 39.6 Å². The van der Waals surface area contributed by atoms with Crippen molar-refractivity contribution in [3.8, 4) is 0 Å². The van der Waals surface area contributed by atoms with E-state index < -0.39 is 50.2 Å². The maximum Gasteiger partial charge on any atom is 0.416 e. The van der Waals surface area contributed by atoms with E-state index in [0.29, 0.717) is 12.1 Å². The van der Waals surface area contributed by atoms with Gasteiger partial charge in [0.05, 0.1) is 32.0 Å². The van der Waals surface area contributed by atoms with Crippen molar-refractivity contribution >= 4 is 21.4 Å². The van der Waals surface area contributed by atoms with E-state index in [1.165, 1.54) is 48.5 Å². The molecule has 3 aromatic rings. The first kappa shape index (κ1) is 26.3. The topological polar surface area (TPSA) is 63.2 Å². The molecule has 0 spiro atoms. The number of amides is 1. The van der Waals surface area contributed by atoms with E-state index in [1.807, 2.05) is 0 Å². The van der Waals surface area contributed by atoms with Crippen LogP contribution in [0, 0.1) is 0 Å². The lowest BCUT2D eigenvalue weighted by Crippen LogP contribution is -2.35. The second kappa shape index (κ2) is 9.03. The highest BCUT2D eigenvalue weighted by molar-refractivity contribution is 7.91. The number of alkyl halides is 6. The Morgan fingerprint density at radius 2 is 1.17 bits per heavy atom. The normalized spacial score (nSPS) is 12.9. The Morgan fingerprint density at radius 1 is 0.714 bits per heavy atom. The minimum atomic E-state index is -5.08. The Balaban J connectivity index is 2.05. The summed E-state index contributed by atoms with van der Waals surface area (Å²) in [4.78, 5) is 12.8. The molecule has 0 unspecified atom stereocenters. The van der Waals surface area contributed by atoms with Crippen molar-refractivity contribution in [1.82, 2.24) is 0 Å². The van der Waals surface area contributed by atoms with Crippen LogP contribution in [0.4, 0.5) is 32.0 Å². The number of halogens is 6. The van der Waals surface area contributed by atoms with E-state index in [4.69, 9.17) is 0 Å². The predicted octanol–water partition coefficient (Wildman–Crippen LogP) is 6.47. The number of rotatable bonds is 5. The molecule has 0 aliphatic heterocycles. The molecule has 35 heavy (non-hydrogen) atoms. The zero-order valence-corrected chi connectivity index (χ0v) is 19.1. The van der Waals surface area contributed by atoms with Crippen LogP contribution in [0.1, 0.15) is 30.5 Å². The largest absolute Gasteiger partial charge is 0.416 e. The summed E-state index contributed by atoms with van der Waals surface area (Å²) >= 11 is 0. The number of sulfone groups is 1. The highest BCUT2D eigenvalue weighted by Crippen LogP contribution is 2.39. The van der Waals surface area contributed by atoms with Gasteiger partial charge in [0.25, 0.3) is 0 Å². The van der Waals surface area contributed by atoms with E-state index in [9.17, 15) is 39.6 Å². The summed E-state index contributed by atoms with van der Waals surface area (Å²) in [7, 11) is -4.09. The van der Waals surface area contributed by atoms with Crippen LogP contribution in [-0.2, 0) is 32.4 Å². The summed E-state index contributed by atoms with van der Waals surface area (Å²) in [5.41, 5.74) is -5.73. The maximum absolute atomic E-state index is 13.3. The fourth-order valence-corrected chi connectivity index (χ4v) is 4.69. The van der Waals surface area contributed by atoms with E-state index in [2.05, 4.69) is 5.32 Å². The quantitative estimate of drug-likeness (QED) is 0.396. The van der Waals surface area contributed by atoms with Gasteiger partial charge < -0.3 is 5.32 Å². The SMILES string of the molecule is CC(C)(C(=O)Nc1ccccc1S(=O)(=O)c1ccccc1)c1cc(C(F)(F)F)cc(C(F)(F)F)c1. The molecule has 186 valence electrons. The molecule has 0 heterocycles. The number of para-hydroxylation sites is 1. The first-order valence-corrected chi connectivity index (χ1v) is 11.5. The maximum atomic E-state index is 13.3. The lowest BCUT2D eigenvalue weighted by Gasteiger charge is -2.27. The molecule has 3 rings (SSSR count). The van der Waals surface area contributed by atoms with Crippen molar-refractivity contribution in [2.45, 2.75) is 41.4 Å². The van der Waals surface area contributed by atoms with Crippen LogP contribution in [0.15, 0.2) is 82.6 Å². The highest BCUT2D eigenvalue weighted by atomic mass is 32.2. The molecule has 0 saturated heterocycles. The summed E-state index contributed by atoms with van der Waals surface area (Å²) < 4.78 is 106. The van der Waals surface area contributed by atoms with E-state index >= 15 is 0 Å². The number of anilines is 1. The molecular formula is C24H19F6NO3S. The van der Waals surface area contributed by atoms with E-state index in [-0.39, 0.29) is 21.5 Å². The molecule has 4 nitrogen and oxygen atoms in total. The number of carbonyl (C=O) groups is 1. The van der Waals surface area contributed by atoms with Gasteiger partial charge in [-0.25, -0.2) is 8.42 Å². The minimum Gasteiger partial charge on any atom is -0.324 e. The molecule has 3 aromatic carbocycles. The van der Waals surface area contributed by atoms with Gasteiger partial charge in [0.1, 0.15) is 0 Å². The first-order valence-electron chi connectivity index (χ1n) is 10.0. The Bertz CT molecular complexity index is 1320. The lowest BCUT2D eigenvalue weighted by atomic mass is 9.81. The van der Waals surface area contributed by atoms with Gasteiger partial charge in [-0.05, 0) is 61.9 Å². The molecule has 0 radical (unpaired) electrons. The van der Waals surface area contributed by atoms with Gasteiger partial charge in [0.15, 0.2) is 0 Å². The molecule has 1 N–H and O–H groups in total. The first-order chi connectivity index (χ1) is 16.0. The third kappa shape index (κ3) is 5.50. The fraction of sp³-hybridized carbons (Fsp3) is 0.208. The molecule has 1 amide bonds. The summed E-state index contributed by atoms with van der Waals surface area (Å²) in [5.74, 6) is -0.999. The summed E-state index contributed by atoms with van der Waals surface area (Å²) in [6.45, 7) is 2.29. The van der Waals surface area contributed by atoms with Crippen molar-refractivity contribution in [3.63, 3.8) is 0 Å². The molecule has 0 bridgehead atoms. The lowest BCUT2D eigenvalue weighted by molar-refractivity contribution is -0.143. The predicted molar refractivity (Wildman–Crippen MR) is 116 cm³/mol. The molecule has 0 aliphatic rings. The molecule has 0 fully saturated rings. The van der Waals surface area contributed by atoms with Crippen molar-refractivity contribution in [1.29, 1.82) is 0 Å². The van der Waals surface area contributed by atoms with Crippen LogP contribution in [0.2, 0.25) is 0 Å². The monoisotopic (exact) mass is 515 g/mol. The van der Waals surface area contributed by atoms with Crippen molar-refractivity contribution in [2.24, 2.45) is 0 Å². The average Bonchev–Trinajstić information content (AvgIpc) is 2.78. The second-order valence-electron chi connectivity index (χ2n) is 8.19. The van der Waals surface area contributed by atoms with Crippen LogP contribution < -0.4 is 5.32 Å². The molecule has 11 heteroatoms. The number of hydrogen-bond acceptors (Lipinski definition) is 3. The summed E-state index contributed by atoms with van der Waals surface area (Å²) in [6.07, 6.45) is -10.2. The Kier molecular flexibility index (Phi) is 6.78. The number of nitrogens with one attached hydrogen (secondary N) is 1. The van der Waals surface area contributed by atoms with Gasteiger partial charge in [-0.15, -0.1) is 0 Å². The zero-order valence-electron chi connectivity index (χ0n) is 18.3. The number of carbonyl (C=O) groups excluding carboxylic acids is 1. The summed E-state index contributed by atoms with van der Waals surface area (Å²) in [5, 5.41) is 2.36. The van der Waals surface area contributed by atoms with Crippen LogP contribution in [0.25, 0.3) is 0 Å². The van der Waals surface area contributed by atoms with Crippen molar-refractivity contribution in [3.05, 3.63) is 89.5 Å². The Hall–Kier alpha value is -3.34. The fourth-order valence-electron chi connectivity index (χ4n) is 3.26. The van der Waals surface area contributed by atoms with E-state index in [1.54, 1.807) is 6.07 Å². The van der Waals surface area contributed by atoms with Crippen LogP contribution in [0.3, 0.4) is 0 Å². The van der Waals surface area contributed by atoms with Crippen LogP contribution in [0.5, 0.6) is 0 Å². The van der Waals surface area contributed by atoms with Crippen molar-refractivity contribution in [2.75, 3.05) is 5.32 Å². The number of benzene rings is 3. The standard InChI is InChI=1S/C24H19F6NO3S/c1-22(2,15-12-16(23(25,26)27)14-17(13-15)24(28,29)30)21(32)31-19-10-6-7-11-20(19)35(33,34)18-8-4-3-5-9-18/h3-14H,1-2H3,(H,31,32). The smallest absolute Gasteiger partial charge is 0.324 e. The van der Waals surface area contributed by atoms with Gasteiger partial charge >= 0.3 is 12.4 Å². The van der Waals surface area contributed by atoms with Gasteiger partial charge in [-0.2, -0.15) is 26.3 Å². The van der Waals surface area contributed by atoms with Gasteiger partial charge in [0, 0.05) is 0 Å². The molecule has 0 saturated carbocycles. The van der Waals surface area contributed by atoms with Crippen LogP contribution >= 0.6 is 0 Å². The van der Waals surface area contributed by atoms with Gasteiger partial charge in [-0.1, -0.05) is 30.3 Å². The van der Waals surface area contributed by atoms with Crippen LogP contribution in [-0.4, -0.2) is 14.3 Å². The Morgan fingerprint density at radius 3 is 1.69 bits per heavy atom. The third-order valence-corrected chi connectivity index (χ3v) is 7.18. The summed E-state index contributed by atoms with van der Waals surface area (Å²) in [6, 6.07) is 13.6. The molecule has 0 aromatic heterocycles. The molecule has 0 atom stereocenters. The average molecular weight is 515 g/mol. The van der Waals surface area contributed by atoms with Gasteiger partial charge in [0.2, 0.25) is 15.7 Å². The van der Waals surface area contributed by atoms with Gasteiger partial charge in [-0.3, -0.25) is 4.79 Å². The van der Waals surface area contributed by atoms with E-state index in [0.717, 1.165) is 13.8 Å². The minimum absolute atomic E-state index is 0.0286. The molecule has 0 aliphatic carbocycles. The molecular weight excluding hydrogens is 496 g/mol. The third-order valence-electron chi connectivity index (χ3n) is 5.36.